The van der Waals surface area contributed by atoms with Crippen LogP contribution in [0.15, 0.2) is 54.6 Å². The third-order valence-electron chi connectivity index (χ3n) is 4.86. The zero-order valence-corrected chi connectivity index (χ0v) is 15.6. The number of carbonyl (C=O) groups is 1. The van der Waals surface area contributed by atoms with Gasteiger partial charge >= 0.3 is 6.09 Å². The van der Waals surface area contributed by atoms with Crippen LogP contribution < -0.4 is 15.4 Å². The molecular weight excluding hydrogens is 344 g/mol. The number of carbonyl (C=O) groups excluding carboxylic acids is 1. The fraction of sp³-hybridized carbons (Fsp3) is 0.381. The Labute approximate surface area is 159 Å². The highest BCUT2D eigenvalue weighted by molar-refractivity contribution is 5.68. The van der Waals surface area contributed by atoms with Crippen LogP contribution in [-0.4, -0.2) is 43.1 Å². The van der Waals surface area contributed by atoms with Gasteiger partial charge in [-0.05, 0) is 36.6 Å². The molecule has 0 aromatic heterocycles. The predicted molar refractivity (Wildman–Crippen MR) is 103 cm³/mol. The minimum Gasteiger partial charge on any atom is -0.497 e. The average Bonchev–Trinajstić information content (AvgIpc) is 3.02. The minimum absolute atomic E-state index is 0.147. The normalized spacial score (nSPS) is 22.9. The van der Waals surface area contributed by atoms with Crippen LogP contribution in [0.2, 0.25) is 0 Å². The number of aliphatic hydroxyl groups excluding tert-OH is 1. The van der Waals surface area contributed by atoms with Crippen LogP contribution >= 0.6 is 0 Å². The Morgan fingerprint density at radius 2 is 1.93 bits per heavy atom. The van der Waals surface area contributed by atoms with Gasteiger partial charge in [0.2, 0.25) is 0 Å². The van der Waals surface area contributed by atoms with Gasteiger partial charge < -0.3 is 25.2 Å². The largest absolute Gasteiger partial charge is 0.497 e. The Morgan fingerprint density at radius 3 is 2.59 bits per heavy atom. The van der Waals surface area contributed by atoms with Crippen molar-refractivity contribution in [2.45, 2.75) is 37.6 Å². The number of β-amino-alcohol motifs (C(OH)–C–C–N with tert-alkyl or cyclic N) is 1. The lowest BCUT2D eigenvalue weighted by atomic mass is 10.0. The molecule has 144 valence electrons. The number of amides is 1. The van der Waals surface area contributed by atoms with Gasteiger partial charge in [-0.3, -0.25) is 0 Å². The molecule has 1 amide bonds. The summed E-state index contributed by atoms with van der Waals surface area (Å²) in [5.74, 6) is 0.792. The van der Waals surface area contributed by atoms with Crippen LogP contribution in [0.4, 0.5) is 4.79 Å². The molecular formula is C21H26N2O4. The van der Waals surface area contributed by atoms with E-state index in [1.54, 1.807) is 7.11 Å². The van der Waals surface area contributed by atoms with E-state index in [0.717, 1.165) is 16.9 Å². The van der Waals surface area contributed by atoms with Crippen LogP contribution in [-0.2, 0) is 11.2 Å². The number of alkyl carbamates (subject to hydrolysis) is 1. The number of nitrogens with one attached hydrogen (secondary N) is 2. The van der Waals surface area contributed by atoms with Crippen molar-refractivity contribution in [1.29, 1.82) is 0 Å². The van der Waals surface area contributed by atoms with Crippen LogP contribution in [0.3, 0.4) is 0 Å². The first-order valence-corrected chi connectivity index (χ1v) is 9.13. The fourth-order valence-electron chi connectivity index (χ4n) is 3.30. The summed E-state index contributed by atoms with van der Waals surface area (Å²) < 4.78 is 10.7. The summed E-state index contributed by atoms with van der Waals surface area (Å²) >= 11 is 0. The lowest BCUT2D eigenvalue weighted by Gasteiger charge is -2.23. The molecule has 3 rings (SSSR count). The lowest BCUT2D eigenvalue weighted by molar-refractivity contribution is 0.0179. The maximum Gasteiger partial charge on any atom is 0.408 e. The van der Waals surface area contributed by atoms with Gasteiger partial charge in [0.25, 0.3) is 0 Å². The van der Waals surface area contributed by atoms with Crippen molar-refractivity contribution in [3.63, 3.8) is 0 Å². The van der Waals surface area contributed by atoms with Crippen molar-refractivity contribution < 1.29 is 19.4 Å². The second-order valence-electron chi connectivity index (χ2n) is 6.78. The van der Waals surface area contributed by atoms with Crippen molar-refractivity contribution in [3.8, 4) is 5.75 Å². The molecule has 2 aromatic carbocycles. The first kappa shape index (κ1) is 19.2. The third kappa shape index (κ3) is 4.99. The number of hydrogen-bond donors (Lipinski definition) is 3. The highest BCUT2D eigenvalue weighted by Gasteiger charge is 2.38. The van der Waals surface area contributed by atoms with E-state index in [1.807, 2.05) is 61.5 Å². The van der Waals surface area contributed by atoms with Crippen LogP contribution in [0, 0.1) is 0 Å². The third-order valence-corrected chi connectivity index (χ3v) is 4.86. The molecule has 1 heterocycles. The van der Waals surface area contributed by atoms with E-state index in [0.29, 0.717) is 13.0 Å². The SMILES string of the molecule is COc1ccc(C[C@H]2NC[C@H](O)[C@H]2OC(=O)N[C@@H](C)c2ccccc2)cc1. The molecule has 6 nitrogen and oxygen atoms in total. The molecule has 6 heteroatoms. The molecule has 0 bridgehead atoms. The molecule has 0 unspecified atom stereocenters. The van der Waals surface area contributed by atoms with E-state index in [9.17, 15) is 9.90 Å². The van der Waals surface area contributed by atoms with Gasteiger partial charge in [0, 0.05) is 6.54 Å². The Bertz CT molecular complexity index is 736. The van der Waals surface area contributed by atoms with Crippen LogP contribution in [0.5, 0.6) is 5.75 Å². The highest BCUT2D eigenvalue weighted by Crippen LogP contribution is 2.20. The van der Waals surface area contributed by atoms with Gasteiger partial charge in [-0.15, -0.1) is 0 Å². The molecule has 0 saturated carbocycles. The Morgan fingerprint density at radius 1 is 1.22 bits per heavy atom. The quantitative estimate of drug-likeness (QED) is 0.728. The van der Waals surface area contributed by atoms with E-state index in [-0.39, 0.29) is 12.1 Å². The second-order valence-corrected chi connectivity index (χ2v) is 6.78. The number of hydrogen-bond acceptors (Lipinski definition) is 5. The molecule has 0 aliphatic carbocycles. The van der Waals surface area contributed by atoms with E-state index in [1.165, 1.54) is 0 Å². The van der Waals surface area contributed by atoms with Crippen LogP contribution in [0.25, 0.3) is 0 Å². The van der Waals surface area contributed by atoms with Gasteiger partial charge in [0.05, 0.1) is 19.2 Å². The molecule has 0 radical (unpaired) electrons. The summed E-state index contributed by atoms with van der Waals surface area (Å²) in [6.45, 7) is 2.29. The van der Waals surface area contributed by atoms with Crippen molar-refractivity contribution >= 4 is 6.09 Å². The number of aliphatic hydroxyl groups is 1. The van der Waals surface area contributed by atoms with Crippen molar-refractivity contribution in [2.75, 3.05) is 13.7 Å². The molecule has 1 aliphatic rings. The Hall–Kier alpha value is -2.57. The molecule has 2 aromatic rings. The van der Waals surface area contributed by atoms with E-state index in [4.69, 9.17) is 9.47 Å². The summed E-state index contributed by atoms with van der Waals surface area (Å²) in [7, 11) is 1.63. The summed E-state index contributed by atoms with van der Waals surface area (Å²) in [6, 6.07) is 17.1. The molecule has 27 heavy (non-hydrogen) atoms. The standard InChI is InChI=1S/C21H26N2O4/c1-14(16-6-4-3-5-7-16)23-21(25)27-20-18(22-13-19(20)24)12-15-8-10-17(26-2)11-9-15/h3-11,14,18-20,22,24H,12-13H2,1-2H3,(H,23,25)/t14-,18+,19-,20-/m0/s1. The summed E-state index contributed by atoms with van der Waals surface area (Å²) in [5, 5.41) is 16.3. The molecule has 3 N–H and O–H groups in total. The van der Waals surface area contributed by atoms with Crippen molar-refractivity contribution in [3.05, 3.63) is 65.7 Å². The zero-order valence-electron chi connectivity index (χ0n) is 15.6. The maximum atomic E-state index is 12.3. The second kappa shape index (κ2) is 8.88. The van der Waals surface area contributed by atoms with Gasteiger partial charge in [-0.2, -0.15) is 0 Å². The summed E-state index contributed by atoms with van der Waals surface area (Å²) in [6.07, 6.45) is -1.22. The molecule has 1 aliphatic heterocycles. The van der Waals surface area contributed by atoms with Gasteiger partial charge in [0.1, 0.15) is 18.0 Å². The number of methoxy groups -OCH3 is 1. The molecule has 1 fully saturated rings. The fourth-order valence-corrected chi connectivity index (χ4v) is 3.30. The highest BCUT2D eigenvalue weighted by atomic mass is 16.6. The van der Waals surface area contributed by atoms with Gasteiger partial charge in [-0.25, -0.2) is 4.79 Å². The number of rotatable bonds is 6. The number of benzene rings is 2. The van der Waals surface area contributed by atoms with Crippen molar-refractivity contribution in [2.24, 2.45) is 0 Å². The first-order chi connectivity index (χ1) is 13.1. The maximum absolute atomic E-state index is 12.3. The van der Waals surface area contributed by atoms with Crippen molar-refractivity contribution in [1.82, 2.24) is 10.6 Å². The minimum atomic E-state index is -0.731. The summed E-state index contributed by atoms with van der Waals surface area (Å²) in [5.41, 5.74) is 2.07. The van der Waals surface area contributed by atoms with E-state index < -0.39 is 18.3 Å². The molecule has 0 spiro atoms. The molecule has 1 saturated heterocycles. The monoisotopic (exact) mass is 370 g/mol. The Kier molecular flexibility index (Phi) is 6.32. The first-order valence-electron chi connectivity index (χ1n) is 9.13. The topological polar surface area (TPSA) is 79.8 Å². The van der Waals surface area contributed by atoms with Gasteiger partial charge in [0.15, 0.2) is 0 Å². The smallest absolute Gasteiger partial charge is 0.408 e. The predicted octanol–water partition coefficient (Wildman–Crippen LogP) is 2.43. The summed E-state index contributed by atoms with van der Waals surface area (Å²) in [4.78, 5) is 12.3. The average molecular weight is 370 g/mol. The van der Waals surface area contributed by atoms with Gasteiger partial charge in [-0.1, -0.05) is 42.5 Å². The number of ether oxygens (including phenoxy) is 2. The zero-order chi connectivity index (χ0) is 19.2. The van der Waals surface area contributed by atoms with E-state index >= 15 is 0 Å². The lowest BCUT2D eigenvalue weighted by Crippen LogP contribution is -2.42. The molecule has 4 atom stereocenters. The van der Waals surface area contributed by atoms with E-state index in [2.05, 4.69) is 10.6 Å². The Balaban J connectivity index is 1.58. The van der Waals surface area contributed by atoms with Crippen LogP contribution in [0.1, 0.15) is 24.1 Å².